The molecule has 4 rings (SSSR count). The standard InChI is InChI=1S/C22H18ClFN6OS/c1-12-4-3-5-16(23)20(12)30-21(31)17-11-25-22(32-17)29-19-10-18(26-13(2)27-19)28-15-8-6-14(24)7-9-15/h3-11H,1-2H3,(H,30,31)(H2,25,26,27,28,29). The molecule has 4 aromatic rings. The van der Waals surface area contributed by atoms with Gasteiger partial charge in [0.2, 0.25) is 0 Å². The first-order valence-electron chi connectivity index (χ1n) is 9.55. The number of hydrogen-bond acceptors (Lipinski definition) is 7. The molecule has 3 N–H and O–H groups in total. The van der Waals surface area contributed by atoms with Gasteiger partial charge in [0.05, 0.1) is 16.9 Å². The van der Waals surface area contributed by atoms with Gasteiger partial charge in [0.15, 0.2) is 5.13 Å². The summed E-state index contributed by atoms with van der Waals surface area (Å²) in [6, 6.07) is 13.1. The zero-order valence-corrected chi connectivity index (χ0v) is 18.7. The van der Waals surface area contributed by atoms with E-state index in [2.05, 4.69) is 30.9 Å². The number of thiazole rings is 1. The van der Waals surface area contributed by atoms with Crippen molar-refractivity contribution >= 4 is 57.0 Å². The van der Waals surface area contributed by atoms with Crippen molar-refractivity contribution in [1.29, 1.82) is 0 Å². The van der Waals surface area contributed by atoms with Crippen LogP contribution < -0.4 is 16.0 Å². The van der Waals surface area contributed by atoms with Crippen molar-refractivity contribution in [1.82, 2.24) is 15.0 Å². The maximum Gasteiger partial charge on any atom is 0.267 e. The highest BCUT2D eigenvalue weighted by atomic mass is 35.5. The quantitative estimate of drug-likeness (QED) is 0.317. The highest BCUT2D eigenvalue weighted by Crippen LogP contribution is 2.28. The molecule has 162 valence electrons. The average Bonchev–Trinajstić information content (AvgIpc) is 3.20. The van der Waals surface area contributed by atoms with E-state index in [9.17, 15) is 9.18 Å². The number of carbonyl (C=O) groups is 1. The smallest absolute Gasteiger partial charge is 0.267 e. The van der Waals surface area contributed by atoms with E-state index in [1.807, 2.05) is 19.1 Å². The number of carbonyl (C=O) groups excluding carboxylic acids is 1. The van der Waals surface area contributed by atoms with Crippen molar-refractivity contribution < 1.29 is 9.18 Å². The van der Waals surface area contributed by atoms with Gasteiger partial charge in [0.1, 0.15) is 28.2 Å². The first-order valence-corrected chi connectivity index (χ1v) is 10.7. The Bertz CT molecular complexity index is 1260. The fourth-order valence-electron chi connectivity index (χ4n) is 2.89. The van der Waals surface area contributed by atoms with Crippen molar-refractivity contribution in [2.75, 3.05) is 16.0 Å². The monoisotopic (exact) mass is 468 g/mol. The number of rotatable bonds is 6. The number of anilines is 5. The van der Waals surface area contributed by atoms with E-state index in [4.69, 9.17) is 11.6 Å². The lowest BCUT2D eigenvalue weighted by Crippen LogP contribution is -2.11. The topological polar surface area (TPSA) is 91.8 Å². The van der Waals surface area contributed by atoms with E-state index in [1.165, 1.54) is 29.7 Å². The van der Waals surface area contributed by atoms with Crippen LogP contribution in [0.15, 0.2) is 54.7 Å². The van der Waals surface area contributed by atoms with Crippen LogP contribution in [0.1, 0.15) is 21.1 Å². The summed E-state index contributed by atoms with van der Waals surface area (Å²) in [5.41, 5.74) is 2.13. The molecule has 32 heavy (non-hydrogen) atoms. The van der Waals surface area contributed by atoms with Gasteiger partial charge in [-0.05, 0) is 49.7 Å². The minimum atomic E-state index is -0.315. The summed E-state index contributed by atoms with van der Waals surface area (Å²) in [5, 5.41) is 10.00. The summed E-state index contributed by atoms with van der Waals surface area (Å²) in [7, 11) is 0. The number of nitrogens with zero attached hydrogens (tertiary/aromatic N) is 3. The largest absolute Gasteiger partial charge is 0.340 e. The molecule has 0 aliphatic carbocycles. The second-order valence-electron chi connectivity index (χ2n) is 6.86. The number of para-hydroxylation sites is 1. The molecule has 2 aromatic carbocycles. The molecule has 0 unspecified atom stereocenters. The molecule has 0 saturated carbocycles. The molecule has 0 saturated heterocycles. The molecule has 2 aromatic heterocycles. The molecule has 1 amide bonds. The van der Waals surface area contributed by atoms with E-state index < -0.39 is 0 Å². The van der Waals surface area contributed by atoms with Gasteiger partial charge in [-0.25, -0.2) is 19.3 Å². The molecule has 0 bridgehead atoms. The van der Waals surface area contributed by atoms with Gasteiger partial charge in [0, 0.05) is 11.8 Å². The van der Waals surface area contributed by atoms with Gasteiger partial charge < -0.3 is 16.0 Å². The molecule has 2 heterocycles. The molecule has 0 atom stereocenters. The van der Waals surface area contributed by atoms with Crippen LogP contribution in [-0.4, -0.2) is 20.9 Å². The first kappa shape index (κ1) is 21.7. The Morgan fingerprint density at radius 2 is 1.75 bits per heavy atom. The molecule has 0 spiro atoms. The van der Waals surface area contributed by atoms with Gasteiger partial charge in [0.25, 0.3) is 5.91 Å². The minimum absolute atomic E-state index is 0.302. The van der Waals surface area contributed by atoms with Crippen molar-refractivity contribution in [3.05, 3.63) is 81.8 Å². The summed E-state index contributed by atoms with van der Waals surface area (Å²) < 4.78 is 13.1. The molecular weight excluding hydrogens is 451 g/mol. The molecular formula is C22H18ClFN6OS. The third-order valence-electron chi connectivity index (χ3n) is 4.38. The van der Waals surface area contributed by atoms with Gasteiger partial charge in [-0.15, -0.1) is 0 Å². The van der Waals surface area contributed by atoms with E-state index in [-0.39, 0.29) is 11.7 Å². The third-order valence-corrected chi connectivity index (χ3v) is 5.61. The summed E-state index contributed by atoms with van der Waals surface area (Å²) in [4.78, 5) is 26.0. The van der Waals surface area contributed by atoms with Crippen LogP contribution in [0.25, 0.3) is 0 Å². The van der Waals surface area contributed by atoms with Crippen LogP contribution in [0.3, 0.4) is 0 Å². The van der Waals surface area contributed by atoms with Crippen molar-refractivity contribution in [2.45, 2.75) is 13.8 Å². The lowest BCUT2D eigenvalue weighted by molar-refractivity contribution is 0.103. The lowest BCUT2D eigenvalue weighted by Gasteiger charge is -2.09. The predicted octanol–water partition coefficient (Wildman–Crippen LogP) is 6.08. The predicted molar refractivity (Wildman–Crippen MR) is 126 cm³/mol. The number of hydrogen-bond donors (Lipinski definition) is 3. The molecule has 10 heteroatoms. The Labute approximate surface area is 192 Å². The summed E-state index contributed by atoms with van der Waals surface area (Å²) in [5.74, 6) is 0.957. The number of aromatic nitrogens is 3. The molecule has 0 radical (unpaired) electrons. The van der Waals surface area contributed by atoms with Gasteiger partial charge in [-0.1, -0.05) is 35.1 Å². The highest BCUT2D eigenvalue weighted by Gasteiger charge is 2.14. The number of amides is 1. The molecule has 7 nitrogen and oxygen atoms in total. The summed E-state index contributed by atoms with van der Waals surface area (Å²) in [6.45, 7) is 3.63. The second kappa shape index (κ2) is 9.29. The van der Waals surface area contributed by atoms with Crippen molar-refractivity contribution in [3.63, 3.8) is 0 Å². The van der Waals surface area contributed by atoms with Crippen molar-refractivity contribution in [3.8, 4) is 0 Å². The first-order chi connectivity index (χ1) is 15.4. The number of aryl methyl sites for hydroxylation is 2. The Hall–Kier alpha value is -3.56. The zero-order chi connectivity index (χ0) is 22.7. The molecule has 0 fully saturated rings. The Balaban J connectivity index is 1.47. The van der Waals surface area contributed by atoms with E-state index in [0.717, 1.165) is 5.56 Å². The fourth-order valence-corrected chi connectivity index (χ4v) is 3.88. The van der Waals surface area contributed by atoms with Crippen LogP contribution in [0.2, 0.25) is 5.02 Å². The minimum Gasteiger partial charge on any atom is -0.340 e. The lowest BCUT2D eigenvalue weighted by atomic mass is 10.2. The average molecular weight is 469 g/mol. The number of halogens is 2. The zero-order valence-electron chi connectivity index (χ0n) is 17.1. The van der Waals surface area contributed by atoms with E-state index in [0.29, 0.717) is 43.9 Å². The summed E-state index contributed by atoms with van der Waals surface area (Å²) >= 11 is 7.38. The van der Waals surface area contributed by atoms with Gasteiger partial charge >= 0.3 is 0 Å². The maximum atomic E-state index is 13.1. The Kier molecular flexibility index (Phi) is 6.29. The van der Waals surface area contributed by atoms with Crippen LogP contribution in [0.4, 0.5) is 32.5 Å². The number of nitrogens with one attached hydrogen (secondary N) is 3. The molecule has 0 aliphatic rings. The van der Waals surface area contributed by atoms with Crippen LogP contribution in [0, 0.1) is 19.7 Å². The fraction of sp³-hybridized carbons (Fsp3) is 0.0909. The third kappa shape index (κ3) is 5.19. The van der Waals surface area contributed by atoms with E-state index >= 15 is 0 Å². The molecule has 0 aliphatic heterocycles. The Morgan fingerprint density at radius 1 is 1.03 bits per heavy atom. The van der Waals surface area contributed by atoms with Crippen LogP contribution in [0.5, 0.6) is 0 Å². The highest BCUT2D eigenvalue weighted by molar-refractivity contribution is 7.17. The Morgan fingerprint density at radius 3 is 2.47 bits per heavy atom. The second-order valence-corrected chi connectivity index (χ2v) is 8.30. The normalized spacial score (nSPS) is 10.6. The van der Waals surface area contributed by atoms with Crippen molar-refractivity contribution in [2.24, 2.45) is 0 Å². The van der Waals surface area contributed by atoms with Gasteiger partial charge in [-0.3, -0.25) is 4.79 Å². The maximum absolute atomic E-state index is 13.1. The van der Waals surface area contributed by atoms with Crippen LogP contribution in [-0.2, 0) is 0 Å². The number of benzene rings is 2. The van der Waals surface area contributed by atoms with Gasteiger partial charge in [-0.2, -0.15) is 0 Å². The van der Waals surface area contributed by atoms with E-state index in [1.54, 1.807) is 31.2 Å². The SMILES string of the molecule is Cc1nc(Nc2ccc(F)cc2)cc(Nc2ncc(C(=O)Nc3c(C)cccc3Cl)s2)n1. The summed E-state index contributed by atoms with van der Waals surface area (Å²) in [6.07, 6.45) is 1.49. The van der Waals surface area contributed by atoms with Crippen LogP contribution >= 0.6 is 22.9 Å².